The molecule has 2 amide bonds. The van der Waals surface area contributed by atoms with Gasteiger partial charge in [0.05, 0.1) is 23.3 Å². The second-order valence-corrected chi connectivity index (χ2v) is 10.1. The van der Waals surface area contributed by atoms with E-state index in [-0.39, 0.29) is 12.2 Å². The Balaban J connectivity index is 2.32. The van der Waals surface area contributed by atoms with Crippen LogP contribution in [0.5, 0.6) is 0 Å². The molecule has 0 aromatic heterocycles. The molecular formula is C20H28N2O6S. The number of amides is 2. The molecule has 160 valence electrons. The summed E-state index contributed by atoms with van der Waals surface area (Å²) in [6.45, 7) is 5.61. The predicted octanol–water partition coefficient (Wildman–Crippen LogP) is 3.00. The molecule has 1 aliphatic rings. The summed E-state index contributed by atoms with van der Waals surface area (Å²) in [5.74, 6) is -1.33. The number of rotatable bonds is 5. The highest BCUT2D eigenvalue weighted by Gasteiger charge is 2.37. The molecule has 0 saturated carbocycles. The maximum absolute atomic E-state index is 13.5. The molecule has 8 nitrogen and oxygen atoms in total. The summed E-state index contributed by atoms with van der Waals surface area (Å²) >= 11 is 0. The summed E-state index contributed by atoms with van der Waals surface area (Å²) in [4.78, 5) is 38.6. The van der Waals surface area contributed by atoms with E-state index in [2.05, 4.69) is 9.10 Å². The van der Waals surface area contributed by atoms with Gasteiger partial charge in [0.1, 0.15) is 11.6 Å². The first-order chi connectivity index (χ1) is 13.6. The van der Waals surface area contributed by atoms with Gasteiger partial charge >= 0.3 is 12.1 Å². The van der Waals surface area contributed by atoms with E-state index in [4.69, 9.17) is 4.74 Å². The first kappa shape index (κ1) is 22.9. The Hall–Kier alpha value is -2.42. The van der Waals surface area contributed by atoms with E-state index in [1.165, 1.54) is 12.0 Å². The summed E-state index contributed by atoms with van der Waals surface area (Å²) in [5, 5.41) is 0. The fourth-order valence-corrected chi connectivity index (χ4v) is 4.81. The number of benzene rings is 1. The lowest BCUT2D eigenvalue weighted by atomic mass is 10.2. The van der Waals surface area contributed by atoms with Crippen LogP contribution >= 0.6 is 0 Å². The van der Waals surface area contributed by atoms with Crippen molar-refractivity contribution in [2.24, 2.45) is 4.36 Å². The quantitative estimate of drug-likeness (QED) is 0.673. The molecule has 0 bridgehead atoms. The Morgan fingerprint density at radius 3 is 2.45 bits per heavy atom. The van der Waals surface area contributed by atoms with Crippen molar-refractivity contribution >= 4 is 27.7 Å². The van der Waals surface area contributed by atoms with E-state index >= 15 is 0 Å². The Kier molecular flexibility index (Phi) is 7.40. The third-order valence-corrected chi connectivity index (χ3v) is 6.57. The van der Waals surface area contributed by atoms with Crippen LogP contribution in [0.15, 0.2) is 39.6 Å². The van der Waals surface area contributed by atoms with Crippen molar-refractivity contribution in [3.8, 4) is 0 Å². The van der Waals surface area contributed by atoms with Crippen LogP contribution in [0.25, 0.3) is 0 Å². The SMILES string of the molecule is COC(=O)CCS(=O)(=NC(=O)[C@@H]1CCCN1C(=O)OC(C)(C)C)c1ccccc1. The van der Waals surface area contributed by atoms with Crippen molar-refractivity contribution in [2.75, 3.05) is 19.4 Å². The average Bonchev–Trinajstić information content (AvgIpc) is 3.16. The Morgan fingerprint density at radius 2 is 1.86 bits per heavy atom. The largest absolute Gasteiger partial charge is 0.469 e. The number of methoxy groups -OCH3 is 1. The number of hydrogen-bond donors (Lipinski definition) is 0. The van der Waals surface area contributed by atoms with Gasteiger partial charge in [-0.3, -0.25) is 14.5 Å². The lowest BCUT2D eigenvalue weighted by molar-refractivity contribution is -0.140. The minimum Gasteiger partial charge on any atom is -0.469 e. The standard InChI is InChI=1S/C20H28N2O6S/c1-20(2,3)28-19(25)22-13-8-11-16(22)18(24)21-29(26,14-12-17(23)27-4)15-9-6-5-7-10-15/h5-7,9-10,16H,8,11-14H2,1-4H3/t16-,29?/m0/s1. The monoisotopic (exact) mass is 424 g/mol. The van der Waals surface area contributed by atoms with E-state index in [0.29, 0.717) is 24.3 Å². The van der Waals surface area contributed by atoms with Crippen LogP contribution in [0.3, 0.4) is 0 Å². The molecule has 0 aliphatic carbocycles. The normalized spacial score (nSPS) is 18.6. The van der Waals surface area contributed by atoms with Crippen molar-refractivity contribution < 1.29 is 28.1 Å². The molecule has 0 N–H and O–H groups in total. The first-order valence-corrected chi connectivity index (χ1v) is 11.1. The van der Waals surface area contributed by atoms with Crippen molar-refractivity contribution in [3.63, 3.8) is 0 Å². The number of esters is 1. The predicted molar refractivity (Wildman–Crippen MR) is 108 cm³/mol. The Labute approximate surface area is 171 Å². The molecule has 1 aromatic carbocycles. The zero-order chi connectivity index (χ0) is 21.7. The molecule has 1 aliphatic heterocycles. The number of nitrogens with zero attached hydrogens (tertiary/aromatic N) is 2. The van der Waals surface area contributed by atoms with Crippen LogP contribution in [-0.4, -0.2) is 58.1 Å². The van der Waals surface area contributed by atoms with Crippen LogP contribution in [0.1, 0.15) is 40.0 Å². The van der Waals surface area contributed by atoms with Crippen LogP contribution in [0.4, 0.5) is 4.79 Å². The zero-order valence-corrected chi connectivity index (χ0v) is 18.1. The lowest BCUT2D eigenvalue weighted by Crippen LogP contribution is -2.43. The molecule has 1 fully saturated rings. The van der Waals surface area contributed by atoms with E-state index in [1.54, 1.807) is 51.1 Å². The van der Waals surface area contributed by atoms with Gasteiger partial charge in [0, 0.05) is 17.2 Å². The second-order valence-electron chi connectivity index (χ2n) is 7.75. The highest BCUT2D eigenvalue weighted by molar-refractivity contribution is 7.94. The van der Waals surface area contributed by atoms with E-state index in [0.717, 1.165) is 0 Å². The summed E-state index contributed by atoms with van der Waals surface area (Å²) in [6, 6.07) is 7.53. The number of carbonyl (C=O) groups is 3. The lowest BCUT2D eigenvalue weighted by Gasteiger charge is -2.27. The fraction of sp³-hybridized carbons (Fsp3) is 0.550. The highest BCUT2D eigenvalue weighted by atomic mass is 32.2. The molecule has 1 unspecified atom stereocenters. The molecule has 1 aromatic rings. The van der Waals surface area contributed by atoms with Crippen LogP contribution in [-0.2, 0) is 28.8 Å². The van der Waals surface area contributed by atoms with Gasteiger partial charge in [-0.05, 0) is 45.7 Å². The van der Waals surface area contributed by atoms with Gasteiger partial charge in [-0.25, -0.2) is 9.00 Å². The second kappa shape index (κ2) is 9.39. The number of likely N-dealkylation sites (tertiary alicyclic amines) is 1. The van der Waals surface area contributed by atoms with Crippen molar-refractivity contribution in [1.29, 1.82) is 0 Å². The summed E-state index contributed by atoms with van der Waals surface area (Å²) in [7, 11) is -1.96. The number of carbonyl (C=O) groups excluding carboxylic acids is 3. The third kappa shape index (κ3) is 6.28. The maximum Gasteiger partial charge on any atom is 0.410 e. The minimum atomic E-state index is -3.20. The molecule has 9 heteroatoms. The molecule has 1 saturated heterocycles. The molecular weight excluding hydrogens is 396 g/mol. The van der Waals surface area contributed by atoms with Crippen LogP contribution in [0, 0.1) is 0 Å². The van der Waals surface area contributed by atoms with E-state index < -0.39 is 39.3 Å². The average molecular weight is 425 g/mol. The molecule has 2 rings (SSSR count). The minimum absolute atomic E-state index is 0.137. The summed E-state index contributed by atoms with van der Waals surface area (Å²) in [5.41, 5.74) is -0.692. The van der Waals surface area contributed by atoms with Crippen LogP contribution in [0.2, 0.25) is 0 Å². The summed E-state index contributed by atoms with van der Waals surface area (Å²) < 4.78 is 27.6. The van der Waals surface area contributed by atoms with E-state index in [1.807, 2.05) is 0 Å². The molecule has 29 heavy (non-hydrogen) atoms. The topological polar surface area (TPSA) is 102 Å². The zero-order valence-electron chi connectivity index (χ0n) is 17.3. The van der Waals surface area contributed by atoms with Crippen molar-refractivity contribution in [2.45, 2.75) is 56.6 Å². The van der Waals surface area contributed by atoms with E-state index in [9.17, 15) is 18.6 Å². The smallest absolute Gasteiger partial charge is 0.410 e. The molecule has 0 spiro atoms. The Morgan fingerprint density at radius 1 is 1.21 bits per heavy atom. The third-order valence-electron chi connectivity index (χ3n) is 4.33. The highest BCUT2D eigenvalue weighted by Crippen LogP contribution is 2.24. The van der Waals surface area contributed by atoms with Gasteiger partial charge in [-0.15, -0.1) is 0 Å². The van der Waals surface area contributed by atoms with Crippen molar-refractivity contribution in [3.05, 3.63) is 30.3 Å². The van der Waals surface area contributed by atoms with Gasteiger partial charge in [0.25, 0.3) is 5.91 Å². The maximum atomic E-state index is 13.5. The molecule has 0 radical (unpaired) electrons. The molecule has 1 heterocycles. The van der Waals surface area contributed by atoms with Gasteiger partial charge < -0.3 is 9.47 Å². The van der Waals surface area contributed by atoms with Gasteiger partial charge in [-0.1, -0.05) is 18.2 Å². The molecule has 2 atom stereocenters. The van der Waals surface area contributed by atoms with Gasteiger partial charge in [-0.2, -0.15) is 4.36 Å². The van der Waals surface area contributed by atoms with Crippen molar-refractivity contribution in [1.82, 2.24) is 4.90 Å². The number of ether oxygens (including phenoxy) is 2. The van der Waals surface area contributed by atoms with Crippen LogP contribution < -0.4 is 0 Å². The number of hydrogen-bond acceptors (Lipinski definition) is 6. The fourth-order valence-electron chi connectivity index (χ4n) is 2.94. The van der Waals surface area contributed by atoms with Gasteiger partial charge in [0.2, 0.25) is 0 Å². The summed E-state index contributed by atoms with van der Waals surface area (Å²) in [6.07, 6.45) is 0.314. The van der Waals surface area contributed by atoms with Gasteiger partial charge in [0.15, 0.2) is 0 Å². The first-order valence-electron chi connectivity index (χ1n) is 9.46. The Bertz CT molecular complexity index is 869.